The van der Waals surface area contributed by atoms with Crippen LogP contribution in [0.25, 0.3) is 0 Å². The predicted molar refractivity (Wildman–Crippen MR) is 38.6 cm³/mol. The molecule has 0 fully saturated rings. The fraction of sp³-hybridized carbons (Fsp3) is 0.800. The number of carbonyl (C=O) groups is 1. The number of aliphatic hydroxyl groups excluding tert-OH is 1. The van der Waals surface area contributed by atoms with E-state index in [1.54, 1.807) is 0 Å². The molecule has 0 rings (SSSR count). The largest absolute Gasteiger partial charge is 0.395 e. The number of thiol groups is 1. The van der Waals surface area contributed by atoms with Gasteiger partial charge in [0.25, 0.3) is 0 Å². The Hall–Kier alpha value is -0.220. The molecule has 0 aromatic carbocycles. The Morgan fingerprint density at radius 3 is 2.78 bits per heavy atom. The molecule has 0 atom stereocenters. The first-order valence-electron chi connectivity index (χ1n) is 2.79. The van der Waals surface area contributed by atoms with Gasteiger partial charge in [0, 0.05) is 13.0 Å². The maximum absolute atomic E-state index is 10.5. The molecule has 0 heterocycles. The van der Waals surface area contributed by atoms with Crippen molar-refractivity contribution < 1.29 is 9.90 Å². The Bertz CT molecular complexity index is 87.0. The van der Waals surface area contributed by atoms with Crippen LogP contribution in [-0.2, 0) is 4.79 Å². The number of nitrogens with one attached hydrogen (secondary N) is 1. The molecule has 0 aliphatic rings. The van der Waals surface area contributed by atoms with Gasteiger partial charge in [0.1, 0.15) is 0 Å². The highest BCUT2D eigenvalue weighted by Gasteiger charge is 1.95. The second-order valence-electron chi connectivity index (χ2n) is 1.55. The number of hydrogen-bond donors (Lipinski definition) is 3. The molecule has 0 unspecified atom stereocenters. The van der Waals surface area contributed by atoms with Crippen molar-refractivity contribution in [1.29, 1.82) is 0 Å². The minimum atomic E-state index is -0.0564. The van der Waals surface area contributed by atoms with Gasteiger partial charge in [0.05, 0.1) is 6.61 Å². The smallest absolute Gasteiger partial charge is 0.220 e. The zero-order chi connectivity index (χ0) is 7.11. The highest BCUT2D eigenvalue weighted by Crippen LogP contribution is 1.81. The normalized spacial score (nSPS) is 9.11. The molecule has 0 radical (unpaired) electrons. The predicted octanol–water partition coefficient (Wildman–Crippen LogP) is -0.585. The molecule has 0 bridgehead atoms. The average molecular weight is 149 g/mol. The first kappa shape index (κ1) is 8.78. The molecule has 0 aromatic heterocycles. The van der Waals surface area contributed by atoms with E-state index in [9.17, 15) is 4.79 Å². The molecule has 54 valence electrons. The Morgan fingerprint density at radius 1 is 1.67 bits per heavy atom. The van der Waals surface area contributed by atoms with Crippen LogP contribution in [0, 0.1) is 0 Å². The number of carbonyl (C=O) groups excluding carboxylic acids is 1. The monoisotopic (exact) mass is 149 g/mol. The minimum Gasteiger partial charge on any atom is -0.395 e. The molecular weight excluding hydrogens is 138 g/mol. The first-order valence-corrected chi connectivity index (χ1v) is 3.43. The SMILES string of the molecule is O=C(CCS)NCCO. The summed E-state index contributed by atoms with van der Waals surface area (Å²) < 4.78 is 0. The van der Waals surface area contributed by atoms with E-state index in [-0.39, 0.29) is 12.5 Å². The molecule has 2 N–H and O–H groups in total. The summed E-state index contributed by atoms with van der Waals surface area (Å²) >= 11 is 3.86. The maximum Gasteiger partial charge on any atom is 0.220 e. The topological polar surface area (TPSA) is 49.3 Å². The van der Waals surface area contributed by atoms with Gasteiger partial charge in [-0.3, -0.25) is 4.79 Å². The van der Waals surface area contributed by atoms with E-state index in [0.717, 1.165) is 0 Å². The van der Waals surface area contributed by atoms with Crippen LogP contribution in [0.4, 0.5) is 0 Å². The summed E-state index contributed by atoms with van der Waals surface area (Å²) in [5, 5.41) is 10.7. The van der Waals surface area contributed by atoms with Crippen molar-refractivity contribution in [2.45, 2.75) is 6.42 Å². The molecule has 0 aromatic rings. The molecule has 0 spiro atoms. The summed E-state index contributed by atoms with van der Waals surface area (Å²) in [5.74, 6) is 0.496. The van der Waals surface area contributed by atoms with Crippen LogP contribution in [0.2, 0.25) is 0 Å². The Morgan fingerprint density at radius 2 is 2.33 bits per heavy atom. The number of rotatable bonds is 4. The molecule has 0 saturated carbocycles. The van der Waals surface area contributed by atoms with Gasteiger partial charge in [-0.05, 0) is 5.75 Å². The second kappa shape index (κ2) is 5.91. The van der Waals surface area contributed by atoms with Gasteiger partial charge in [-0.25, -0.2) is 0 Å². The van der Waals surface area contributed by atoms with E-state index in [4.69, 9.17) is 5.11 Å². The third-order valence-corrected chi connectivity index (χ3v) is 0.996. The van der Waals surface area contributed by atoms with Crippen molar-refractivity contribution in [3.05, 3.63) is 0 Å². The van der Waals surface area contributed by atoms with Gasteiger partial charge < -0.3 is 10.4 Å². The van der Waals surface area contributed by atoms with E-state index < -0.39 is 0 Å². The Labute approximate surface area is 59.9 Å². The van der Waals surface area contributed by atoms with Gasteiger partial charge in [-0.2, -0.15) is 12.6 Å². The molecular formula is C5H11NO2S. The lowest BCUT2D eigenvalue weighted by Gasteiger charge is -1.98. The van der Waals surface area contributed by atoms with Crippen LogP contribution in [0.15, 0.2) is 0 Å². The number of amides is 1. The van der Waals surface area contributed by atoms with E-state index in [1.807, 2.05) is 0 Å². The fourth-order valence-corrected chi connectivity index (χ4v) is 0.588. The molecule has 4 heteroatoms. The Kier molecular flexibility index (Phi) is 5.76. The van der Waals surface area contributed by atoms with Crippen LogP contribution in [0.3, 0.4) is 0 Å². The molecule has 1 amide bonds. The minimum absolute atomic E-state index is 0.00168. The van der Waals surface area contributed by atoms with E-state index in [2.05, 4.69) is 17.9 Å². The summed E-state index contributed by atoms with van der Waals surface area (Å²) in [5.41, 5.74) is 0. The van der Waals surface area contributed by atoms with Gasteiger partial charge in [0.15, 0.2) is 0 Å². The van der Waals surface area contributed by atoms with Crippen molar-refractivity contribution in [1.82, 2.24) is 5.32 Å². The molecule has 9 heavy (non-hydrogen) atoms. The summed E-state index contributed by atoms with van der Waals surface area (Å²) in [4.78, 5) is 10.5. The standard InChI is InChI=1S/C5H11NO2S/c7-3-2-6-5(8)1-4-9/h7,9H,1-4H2,(H,6,8). The first-order chi connectivity index (χ1) is 4.31. The quantitative estimate of drug-likeness (QED) is 0.468. The summed E-state index contributed by atoms with van der Waals surface area (Å²) in [6.07, 6.45) is 0.420. The third kappa shape index (κ3) is 5.65. The zero-order valence-electron chi connectivity index (χ0n) is 5.13. The average Bonchev–Trinajstić information content (AvgIpc) is 1.85. The molecule has 0 aliphatic carbocycles. The van der Waals surface area contributed by atoms with Crippen LogP contribution in [0.1, 0.15) is 6.42 Å². The van der Waals surface area contributed by atoms with Crippen molar-refractivity contribution in [3.8, 4) is 0 Å². The highest BCUT2D eigenvalue weighted by atomic mass is 32.1. The molecule has 3 nitrogen and oxygen atoms in total. The summed E-state index contributed by atoms with van der Waals surface area (Å²) in [6, 6.07) is 0. The number of hydrogen-bond acceptors (Lipinski definition) is 3. The lowest BCUT2D eigenvalue weighted by Crippen LogP contribution is -2.26. The van der Waals surface area contributed by atoms with Crippen molar-refractivity contribution >= 4 is 18.5 Å². The molecule has 0 saturated heterocycles. The van der Waals surface area contributed by atoms with E-state index in [0.29, 0.717) is 18.7 Å². The Balaban J connectivity index is 3.06. The van der Waals surface area contributed by atoms with Crippen LogP contribution in [-0.4, -0.2) is 29.9 Å². The fourth-order valence-electron chi connectivity index (χ4n) is 0.385. The summed E-state index contributed by atoms with van der Waals surface area (Å²) in [6.45, 7) is 0.338. The molecule has 0 aliphatic heterocycles. The van der Waals surface area contributed by atoms with Crippen LogP contribution < -0.4 is 5.32 Å². The van der Waals surface area contributed by atoms with Crippen molar-refractivity contribution in [3.63, 3.8) is 0 Å². The maximum atomic E-state index is 10.5. The third-order valence-electron chi connectivity index (χ3n) is 0.773. The lowest BCUT2D eigenvalue weighted by atomic mass is 10.4. The van der Waals surface area contributed by atoms with Gasteiger partial charge in [0.2, 0.25) is 5.91 Å². The van der Waals surface area contributed by atoms with Crippen molar-refractivity contribution in [2.75, 3.05) is 18.9 Å². The van der Waals surface area contributed by atoms with E-state index in [1.165, 1.54) is 0 Å². The van der Waals surface area contributed by atoms with Crippen molar-refractivity contribution in [2.24, 2.45) is 0 Å². The second-order valence-corrected chi connectivity index (χ2v) is 1.99. The highest BCUT2D eigenvalue weighted by molar-refractivity contribution is 7.80. The van der Waals surface area contributed by atoms with Crippen LogP contribution in [0.5, 0.6) is 0 Å². The van der Waals surface area contributed by atoms with Crippen LogP contribution >= 0.6 is 12.6 Å². The van der Waals surface area contributed by atoms with Gasteiger partial charge >= 0.3 is 0 Å². The zero-order valence-corrected chi connectivity index (χ0v) is 6.03. The van der Waals surface area contributed by atoms with Gasteiger partial charge in [-0.1, -0.05) is 0 Å². The van der Waals surface area contributed by atoms with E-state index >= 15 is 0 Å². The van der Waals surface area contributed by atoms with Gasteiger partial charge in [-0.15, -0.1) is 0 Å². The lowest BCUT2D eigenvalue weighted by molar-refractivity contribution is -0.120. The number of aliphatic hydroxyl groups is 1. The summed E-state index contributed by atoms with van der Waals surface area (Å²) in [7, 11) is 0.